The molecule has 0 fully saturated rings. The van der Waals surface area contributed by atoms with Gasteiger partial charge in [0.25, 0.3) is 0 Å². The van der Waals surface area contributed by atoms with Crippen molar-refractivity contribution in [1.29, 1.82) is 0 Å². The van der Waals surface area contributed by atoms with Crippen LogP contribution in [0.5, 0.6) is 5.75 Å². The maximum absolute atomic E-state index is 11.0. The highest BCUT2D eigenvalue weighted by Crippen LogP contribution is 2.25. The molecule has 19 heavy (non-hydrogen) atoms. The van der Waals surface area contributed by atoms with Gasteiger partial charge in [-0.1, -0.05) is 0 Å². The van der Waals surface area contributed by atoms with Gasteiger partial charge in [0.15, 0.2) is 0 Å². The maximum atomic E-state index is 11.0. The Morgan fingerprint density at radius 1 is 1.37 bits per heavy atom. The molecule has 0 spiro atoms. The fraction of sp³-hybridized carbons (Fsp3) is 0.462. The third-order valence-corrected chi connectivity index (χ3v) is 3.76. The van der Waals surface area contributed by atoms with Crippen LogP contribution in [0.1, 0.15) is 25.0 Å². The van der Waals surface area contributed by atoms with E-state index < -0.39 is 22.5 Å². The van der Waals surface area contributed by atoms with Crippen molar-refractivity contribution in [3.63, 3.8) is 0 Å². The Morgan fingerprint density at radius 3 is 2.21 bits per heavy atom. The van der Waals surface area contributed by atoms with Crippen LogP contribution >= 0.6 is 0 Å². The monoisotopic (exact) mass is 285 g/mol. The Kier molecular flexibility index (Phi) is 4.70. The molecule has 0 saturated heterocycles. The van der Waals surface area contributed by atoms with Crippen LogP contribution in [0.25, 0.3) is 0 Å². The quantitative estimate of drug-likeness (QED) is 0.836. The molecule has 106 valence electrons. The molecule has 0 aliphatic carbocycles. The second-order valence-electron chi connectivity index (χ2n) is 5.10. The lowest BCUT2D eigenvalue weighted by Crippen LogP contribution is -2.30. The summed E-state index contributed by atoms with van der Waals surface area (Å²) in [5, 5.41) is 8.98. The second kappa shape index (κ2) is 5.71. The second-order valence-corrected chi connectivity index (χ2v) is 5.98. The van der Waals surface area contributed by atoms with E-state index in [0.717, 1.165) is 0 Å². The molecule has 1 unspecified atom stereocenters. The number of hydrogen-bond acceptors (Lipinski definition) is 4. The van der Waals surface area contributed by atoms with Gasteiger partial charge in [-0.15, -0.1) is 0 Å². The zero-order valence-corrected chi connectivity index (χ0v) is 12.2. The summed E-state index contributed by atoms with van der Waals surface area (Å²) in [6.07, 6.45) is 0. The molecule has 0 aliphatic rings. The molecule has 1 rings (SSSR count). The van der Waals surface area contributed by atoms with E-state index in [1.807, 2.05) is 0 Å². The van der Waals surface area contributed by atoms with Gasteiger partial charge in [-0.05, 0) is 62.0 Å². The van der Waals surface area contributed by atoms with Crippen molar-refractivity contribution < 1.29 is 23.4 Å². The molecule has 5 nitrogen and oxygen atoms in total. The van der Waals surface area contributed by atoms with Crippen LogP contribution in [0.2, 0.25) is 0 Å². The van der Waals surface area contributed by atoms with Crippen LogP contribution in [0.3, 0.4) is 0 Å². The third-order valence-electron chi connectivity index (χ3n) is 2.78. The molecule has 0 radical (unpaired) electrons. The number of carboxylic acid groups (broad SMARTS) is 1. The number of aryl methyl sites for hydroxylation is 2. The van der Waals surface area contributed by atoms with Gasteiger partial charge in [0.2, 0.25) is 0 Å². The van der Waals surface area contributed by atoms with Crippen molar-refractivity contribution in [2.24, 2.45) is 5.41 Å². The SMILES string of the molecule is Cc1cc(OCC(C)(C)C(=O)O)cc(C)c1S(=O)[O-]. The van der Waals surface area contributed by atoms with E-state index in [1.54, 1.807) is 39.8 Å². The summed E-state index contributed by atoms with van der Waals surface area (Å²) in [7, 11) is 0. The van der Waals surface area contributed by atoms with Gasteiger partial charge in [-0.2, -0.15) is 0 Å². The molecule has 1 aromatic rings. The predicted molar refractivity (Wildman–Crippen MR) is 70.0 cm³/mol. The minimum atomic E-state index is -2.29. The van der Waals surface area contributed by atoms with Crippen LogP contribution in [0.15, 0.2) is 17.0 Å². The minimum absolute atomic E-state index is 0.0149. The maximum Gasteiger partial charge on any atom is 0.312 e. The van der Waals surface area contributed by atoms with Gasteiger partial charge in [-0.3, -0.25) is 9.00 Å². The first-order chi connectivity index (χ1) is 8.65. The summed E-state index contributed by atoms with van der Waals surface area (Å²) < 4.78 is 27.5. The van der Waals surface area contributed by atoms with E-state index in [4.69, 9.17) is 9.84 Å². The number of aliphatic carboxylic acids is 1. The smallest absolute Gasteiger partial charge is 0.312 e. The van der Waals surface area contributed by atoms with Crippen LogP contribution in [-0.2, 0) is 15.9 Å². The fourth-order valence-corrected chi connectivity index (χ4v) is 2.23. The number of hydrogen-bond donors (Lipinski definition) is 1. The van der Waals surface area contributed by atoms with Crippen molar-refractivity contribution in [2.45, 2.75) is 32.6 Å². The summed E-state index contributed by atoms with van der Waals surface area (Å²) >= 11 is -2.29. The Labute approximate surface area is 114 Å². The molecule has 1 aromatic carbocycles. The summed E-state index contributed by atoms with van der Waals surface area (Å²) in [5.74, 6) is -0.475. The van der Waals surface area contributed by atoms with E-state index in [-0.39, 0.29) is 11.5 Å². The van der Waals surface area contributed by atoms with E-state index in [9.17, 15) is 13.6 Å². The highest BCUT2D eigenvalue weighted by molar-refractivity contribution is 7.79. The number of rotatable bonds is 5. The molecule has 1 atom stereocenters. The molecule has 0 aromatic heterocycles. The van der Waals surface area contributed by atoms with Gasteiger partial charge >= 0.3 is 5.97 Å². The van der Waals surface area contributed by atoms with Crippen molar-refractivity contribution in [1.82, 2.24) is 0 Å². The summed E-state index contributed by atoms with van der Waals surface area (Å²) in [6.45, 7) is 6.49. The molecular weight excluding hydrogens is 268 g/mol. The number of carboxylic acids is 1. The fourth-order valence-electron chi connectivity index (χ4n) is 1.58. The number of ether oxygens (including phenoxy) is 1. The molecular formula is C13H17O5S-. The Hall–Kier alpha value is -1.40. The highest BCUT2D eigenvalue weighted by Gasteiger charge is 2.28. The first-order valence-electron chi connectivity index (χ1n) is 5.72. The van der Waals surface area contributed by atoms with Crippen LogP contribution < -0.4 is 4.74 Å². The number of benzene rings is 1. The van der Waals surface area contributed by atoms with Crippen molar-refractivity contribution in [3.05, 3.63) is 23.3 Å². The zero-order valence-electron chi connectivity index (χ0n) is 11.4. The predicted octanol–water partition coefficient (Wildman–Crippen LogP) is 2.03. The van der Waals surface area contributed by atoms with Crippen LogP contribution in [0.4, 0.5) is 0 Å². The summed E-state index contributed by atoms with van der Waals surface area (Å²) in [5.41, 5.74) is 0.162. The first kappa shape index (κ1) is 15.7. The van der Waals surface area contributed by atoms with Gasteiger partial charge in [-0.25, -0.2) is 0 Å². The molecule has 1 N–H and O–H groups in total. The van der Waals surface area contributed by atoms with Crippen molar-refractivity contribution >= 4 is 17.0 Å². The topological polar surface area (TPSA) is 86.7 Å². The average Bonchev–Trinajstić information content (AvgIpc) is 2.24. The summed E-state index contributed by atoms with van der Waals surface area (Å²) in [4.78, 5) is 11.2. The lowest BCUT2D eigenvalue weighted by Gasteiger charge is -2.21. The first-order valence-corrected chi connectivity index (χ1v) is 6.79. The normalized spacial score (nSPS) is 13.1. The Bertz CT molecular complexity index is 499. The number of carbonyl (C=O) groups is 1. The lowest BCUT2D eigenvalue weighted by molar-refractivity contribution is -0.148. The summed E-state index contributed by atoms with van der Waals surface area (Å²) in [6, 6.07) is 3.19. The van der Waals surface area contributed by atoms with Gasteiger partial charge in [0.1, 0.15) is 12.4 Å². The Balaban J connectivity index is 2.94. The minimum Gasteiger partial charge on any atom is -0.768 e. The van der Waals surface area contributed by atoms with Crippen molar-refractivity contribution in [3.8, 4) is 5.75 Å². The van der Waals surface area contributed by atoms with E-state index in [2.05, 4.69) is 0 Å². The molecule has 0 heterocycles. The van der Waals surface area contributed by atoms with E-state index in [1.165, 1.54) is 0 Å². The average molecular weight is 285 g/mol. The van der Waals surface area contributed by atoms with Crippen LogP contribution in [-0.4, -0.2) is 26.4 Å². The molecule has 0 saturated carbocycles. The molecule has 0 aliphatic heterocycles. The zero-order chi connectivity index (χ0) is 14.8. The lowest BCUT2D eigenvalue weighted by atomic mass is 9.95. The third kappa shape index (κ3) is 3.78. The molecule has 0 amide bonds. The van der Waals surface area contributed by atoms with Gasteiger partial charge < -0.3 is 14.4 Å². The van der Waals surface area contributed by atoms with Crippen LogP contribution in [0, 0.1) is 19.3 Å². The highest BCUT2D eigenvalue weighted by atomic mass is 32.2. The van der Waals surface area contributed by atoms with Gasteiger partial charge in [0, 0.05) is 4.90 Å². The molecule has 0 bridgehead atoms. The van der Waals surface area contributed by atoms with Gasteiger partial charge in [0.05, 0.1) is 5.41 Å². The van der Waals surface area contributed by atoms with E-state index in [0.29, 0.717) is 16.9 Å². The van der Waals surface area contributed by atoms with Crippen molar-refractivity contribution in [2.75, 3.05) is 6.61 Å². The Morgan fingerprint density at radius 2 is 1.84 bits per heavy atom. The molecule has 6 heteroatoms. The van der Waals surface area contributed by atoms with E-state index >= 15 is 0 Å². The standard InChI is InChI=1S/C13H18O5S/c1-8-5-10(6-9(2)11(8)19(16)17)18-7-13(3,4)12(14)15/h5-6H,7H2,1-4H3,(H,14,15)(H,16,17)/p-1. The largest absolute Gasteiger partial charge is 0.768 e.